The summed E-state index contributed by atoms with van der Waals surface area (Å²) in [5.41, 5.74) is 0.408. The van der Waals surface area contributed by atoms with Crippen molar-refractivity contribution in [2.45, 2.75) is 50.6 Å². The van der Waals surface area contributed by atoms with Crippen molar-refractivity contribution in [1.29, 1.82) is 0 Å². The molecule has 0 N–H and O–H groups in total. The van der Waals surface area contributed by atoms with E-state index in [9.17, 15) is 26.7 Å². The largest absolute Gasteiger partial charge is 0.416 e. The normalized spacial score (nSPS) is 18.9. The van der Waals surface area contributed by atoms with E-state index in [-0.39, 0.29) is 17.6 Å². The summed E-state index contributed by atoms with van der Waals surface area (Å²) in [6.07, 6.45) is -0.721. The van der Waals surface area contributed by atoms with Gasteiger partial charge in [0.15, 0.2) is 0 Å². The SMILES string of the molecule is O=C1CCCCC1C(CCc1ccc(C(F)(F)F)cc1)c1cc(F)cc(F)c1. The van der Waals surface area contributed by atoms with Crippen LogP contribution in [0.2, 0.25) is 0 Å². The van der Waals surface area contributed by atoms with E-state index in [0.29, 0.717) is 36.8 Å². The summed E-state index contributed by atoms with van der Waals surface area (Å²) in [6, 6.07) is 8.17. The molecular formula is C22H21F5O. The minimum absolute atomic E-state index is 0.0911. The van der Waals surface area contributed by atoms with Crippen molar-refractivity contribution in [2.75, 3.05) is 0 Å². The van der Waals surface area contributed by atoms with Crippen molar-refractivity contribution in [3.05, 3.63) is 70.8 Å². The molecular weight excluding hydrogens is 375 g/mol. The Morgan fingerprint density at radius 1 is 0.964 bits per heavy atom. The van der Waals surface area contributed by atoms with Crippen molar-refractivity contribution in [1.82, 2.24) is 0 Å². The predicted molar refractivity (Wildman–Crippen MR) is 95.8 cm³/mol. The lowest BCUT2D eigenvalue weighted by atomic mass is 9.73. The molecule has 0 bridgehead atoms. The second-order valence-electron chi connectivity index (χ2n) is 7.36. The Morgan fingerprint density at radius 2 is 1.61 bits per heavy atom. The van der Waals surface area contributed by atoms with E-state index in [1.807, 2.05) is 0 Å². The van der Waals surface area contributed by atoms with Gasteiger partial charge >= 0.3 is 6.18 Å². The first-order valence-corrected chi connectivity index (χ1v) is 9.39. The van der Waals surface area contributed by atoms with Crippen LogP contribution in [0.1, 0.15) is 54.7 Å². The third kappa shape index (κ3) is 4.97. The zero-order chi connectivity index (χ0) is 20.3. The van der Waals surface area contributed by atoms with Gasteiger partial charge in [0, 0.05) is 18.4 Å². The van der Waals surface area contributed by atoms with Gasteiger partial charge in [-0.2, -0.15) is 13.2 Å². The number of ketones is 1. The molecule has 0 spiro atoms. The molecule has 0 saturated heterocycles. The van der Waals surface area contributed by atoms with Crippen molar-refractivity contribution in [2.24, 2.45) is 5.92 Å². The number of halogens is 5. The smallest absolute Gasteiger partial charge is 0.299 e. The highest BCUT2D eigenvalue weighted by Crippen LogP contribution is 2.38. The molecule has 28 heavy (non-hydrogen) atoms. The minimum atomic E-state index is -4.39. The first-order valence-electron chi connectivity index (χ1n) is 9.39. The summed E-state index contributed by atoms with van der Waals surface area (Å²) in [4.78, 5) is 12.4. The van der Waals surface area contributed by atoms with Gasteiger partial charge in [-0.1, -0.05) is 18.6 Å². The monoisotopic (exact) mass is 396 g/mol. The molecule has 6 heteroatoms. The van der Waals surface area contributed by atoms with Crippen molar-refractivity contribution < 1.29 is 26.7 Å². The molecule has 1 saturated carbocycles. The fourth-order valence-electron chi connectivity index (χ4n) is 4.01. The Balaban J connectivity index is 1.82. The summed E-state index contributed by atoms with van der Waals surface area (Å²) in [6.45, 7) is 0. The van der Waals surface area contributed by atoms with Crippen molar-refractivity contribution >= 4 is 5.78 Å². The van der Waals surface area contributed by atoms with Crippen LogP contribution in [0.25, 0.3) is 0 Å². The third-order valence-corrected chi connectivity index (χ3v) is 5.43. The number of aryl methyl sites for hydroxylation is 1. The summed E-state index contributed by atoms with van der Waals surface area (Å²) in [7, 11) is 0. The summed E-state index contributed by atoms with van der Waals surface area (Å²) in [5.74, 6) is -1.98. The minimum Gasteiger partial charge on any atom is -0.299 e. The lowest BCUT2D eigenvalue weighted by Crippen LogP contribution is -2.26. The van der Waals surface area contributed by atoms with Gasteiger partial charge < -0.3 is 0 Å². The van der Waals surface area contributed by atoms with Gasteiger partial charge in [0.25, 0.3) is 0 Å². The van der Waals surface area contributed by atoms with Gasteiger partial charge in [0.2, 0.25) is 0 Å². The molecule has 0 radical (unpaired) electrons. The highest BCUT2D eigenvalue weighted by atomic mass is 19.4. The maximum atomic E-state index is 13.7. The number of alkyl halides is 3. The molecule has 1 nitrogen and oxygen atoms in total. The molecule has 0 aromatic heterocycles. The van der Waals surface area contributed by atoms with Crippen LogP contribution in [-0.4, -0.2) is 5.78 Å². The van der Waals surface area contributed by atoms with Crippen LogP contribution in [0.15, 0.2) is 42.5 Å². The molecule has 3 rings (SSSR count). The molecule has 1 aliphatic rings. The molecule has 0 amide bonds. The predicted octanol–water partition coefficient (Wildman–Crippen LogP) is 6.46. The number of Topliss-reactive ketones (excluding diaryl/α,β-unsaturated/α-hetero) is 1. The first-order chi connectivity index (χ1) is 13.2. The van der Waals surface area contributed by atoms with Crippen LogP contribution in [0.3, 0.4) is 0 Å². The first kappa shape index (κ1) is 20.5. The molecule has 2 atom stereocenters. The molecule has 1 fully saturated rings. The van der Waals surface area contributed by atoms with Gasteiger partial charge in [0.1, 0.15) is 17.4 Å². The Bertz CT molecular complexity index is 806. The van der Waals surface area contributed by atoms with Gasteiger partial charge in [0.05, 0.1) is 5.56 Å². The van der Waals surface area contributed by atoms with Gasteiger partial charge in [-0.05, 0) is 67.0 Å². The maximum Gasteiger partial charge on any atom is 0.416 e. The van der Waals surface area contributed by atoms with E-state index in [0.717, 1.165) is 31.0 Å². The Kier molecular flexibility index (Phi) is 6.16. The Morgan fingerprint density at radius 3 is 2.18 bits per heavy atom. The zero-order valence-corrected chi connectivity index (χ0v) is 15.2. The lowest BCUT2D eigenvalue weighted by Gasteiger charge is -2.30. The molecule has 150 valence electrons. The van der Waals surface area contributed by atoms with Crippen LogP contribution in [-0.2, 0) is 17.4 Å². The number of benzene rings is 2. The quantitative estimate of drug-likeness (QED) is 0.530. The van der Waals surface area contributed by atoms with Crippen LogP contribution in [0, 0.1) is 17.6 Å². The van der Waals surface area contributed by atoms with E-state index in [1.165, 1.54) is 24.3 Å². The number of carbonyl (C=O) groups excluding carboxylic acids is 1. The number of rotatable bonds is 5. The standard InChI is InChI=1S/C22H21F5O/c23-17-11-15(12-18(24)13-17)19(20-3-1-2-4-21(20)28)10-7-14-5-8-16(9-6-14)22(25,26)27/h5-6,8-9,11-13,19-20H,1-4,7,10H2. The van der Waals surface area contributed by atoms with E-state index >= 15 is 0 Å². The molecule has 0 heterocycles. The third-order valence-electron chi connectivity index (χ3n) is 5.43. The van der Waals surface area contributed by atoms with E-state index in [4.69, 9.17) is 0 Å². The molecule has 2 unspecified atom stereocenters. The van der Waals surface area contributed by atoms with Crippen molar-refractivity contribution in [3.63, 3.8) is 0 Å². The summed E-state index contributed by atoms with van der Waals surface area (Å²) < 4.78 is 65.6. The van der Waals surface area contributed by atoms with E-state index in [2.05, 4.69) is 0 Å². The van der Waals surface area contributed by atoms with E-state index < -0.39 is 23.4 Å². The maximum absolute atomic E-state index is 13.7. The number of hydrogen-bond donors (Lipinski definition) is 0. The fourth-order valence-corrected chi connectivity index (χ4v) is 4.01. The van der Waals surface area contributed by atoms with Crippen LogP contribution >= 0.6 is 0 Å². The average molecular weight is 396 g/mol. The van der Waals surface area contributed by atoms with E-state index in [1.54, 1.807) is 0 Å². The lowest BCUT2D eigenvalue weighted by molar-refractivity contribution is -0.137. The molecule has 2 aromatic rings. The average Bonchev–Trinajstić information content (AvgIpc) is 2.62. The second kappa shape index (κ2) is 8.41. The Hall–Kier alpha value is -2.24. The van der Waals surface area contributed by atoms with Gasteiger partial charge in [-0.15, -0.1) is 0 Å². The highest BCUT2D eigenvalue weighted by Gasteiger charge is 2.32. The summed E-state index contributed by atoms with van der Waals surface area (Å²) >= 11 is 0. The van der Waals surface area contributed by atoms with Crippen LogP contribution in [0.4, 0.5) is 22.0 Å². The van der Waals surface area contributed by atoms with Crippen LogP contribution in [0.5, 0.6) is 0 Å². The topological polar surface area (TPSA) is 17.1 Å². The molecule has 0 aliphatic heterocycles. The Labute approximate surface area is 160 Å². The fraction of sp³-hybridized carbons (Fsp3) is 0.409. The zero-order valence-electron chi connectivity index (χ0n) is 15.2. The number of carbonyl (C=O) groups is 1. The second-order valence-corrected chi connectivity index (χ2v) is 7.36. The van der Waals surface area contributed by atoms with Gasteiger partial charge in [-0.3, -0.25) is 4.79 Å². The highest BCUT2D eigenvalue weighted by molar-refractivity contribution is 5.82. The molecule has 1 aliphatic carbocycles. The van der Waals surface area contributed by atoms with Crippen LogP contribution < -0.4 is 0 Å². The summed E-state index contributed by atoms with van der Waals surface area (Å²) in [5, 5.41) is 0. The van der Waals surface area contributed by atoms with Crippen molar-refractivity contribution in [3.8, 4) is 0 Å². The number of hydrogen-bond acceptors (Lipinski definition) is 1. The molecule has 2 aromatic carbocycles. The van der Waals surface area contributed by atoms with Gasteiger partial charge in [-0.25, -0.2) is 8.78 Å².